The molecule has 1 heterocycles. The van der Waals surface area contributed by atoms with Gasteiger partial charge in [-0.15, -0.1) is 0 Å². The molecule has 0 aromatic carbocycles. The fourth-order valence-corrected chi connectivity index (χ4v) is 1.14. The minimum Gasteiger partial charge on any atom is -1.00 e. The maximum atomic E-state index is 5.27. The summed E-state index contributed by atoms with van der Waals surface area (Å²) in [5.41, 5.74) is 0. The van der Waals surface area contributed by atoms with E-state index in [9.17, 15) is 0 Å². The minimum absolute atomic E-state index is 0. The van der Waals surface area contributed by atoms with E-state index in [1.807, 2.05) is 14.0 Å². The molecule has 0 saturated heterocycles. The number of ether oxygens (including phenoxy) is 1. The summed E-state index contributed by atoms with van der Waals surface area (Å²) in [6.07, 6.45) is 4.13. The Labute approximate surface area is 90.1 Å². The lowest BCUT2D eigenvalue weighted by Gasteiger charge is -1.99. The number of hydrogen-bond acceptors (Lipinski definition) is 1. The first-order valence-corrected chi connectivity index (χ1v) is 4.34. The predicted octanol–water partition coefficient (Wildman–Crippen LogP) is -2.34. The van der Waals surface area contributed by atoms with E-state index in [2.05, 4.69) is 28.5 Å². The fraction of sp³-hybridized carbons (Fsp3) is 0.667. The summed E-state index contributed by atoms with van der Waals surface area (Å²) >= 11 is 0. The summed E-state index contributed by atoms with van der Waals surface area (Å²) in [7, 11) is 2.05. The van der Waals surface area contributed by atoms with Crippen LogP contribution in [0.25, 0.3) is 0 Å². The van der Waals surface area contributed by atoms with E-state index >= 15 is 0 Å². The first kappa shape index (κ1) is 12.7. The highest BCUT2D eigenvalue weighted by molar-refractivity contribution is 4.78. The average molecular weight is 249 g/mol. The summed E-state index contributed by atoms with van der Waals surface area (Å²) in [6, 6.07) is 0. The molecule has 0 saturated carbocycles. The fourth-order valence-electron chi connectivity index (χ4n) is 1.14. The Bertz CT molecular complexity index is 248. The van der Waals surface area contributed by atoms with Crippen LogP contribution in [0.4, 0.5) is 0 Å². The number of hydrogen-bond donors (Lipinski definition) is 0. The minimum atomic E-state index is 0. The molecule has 1 aromatic rings. The molecule has 0 radical (unpaired) electrons. The van der Waals surface area contributed by atoms with Crippen LogP contribution >= 0.6 is 0 Å². The maximum Gasteiger partial charge on any atom is 0.253 e. The van der Waals surface area contributed by atoms with Crippen LogP contribution in [0.3, 0.4) is 0 Å². The van der Waals surface area contributed by atoms with E-state index in [1.54, 1.807) is 0 Å². The highest BCUT2D eigenvalue weighted by atomic mass is 79.9. The van der Waals surface area contributed by atoms with Crippen molar-refractivity contribution in [2.75, 3.05) is 13.2 Å². The zero-order valence-electron chi connectivity index (χ0n) is 8.46. The van der Waals surface area contributed by atoms with Gasteiger partial charge in [0.25, 0.3) is 5.82 Å². The van der Waals surface area contributed by atoms with E-state index in [0.29, 0.717) is 0 Å². The van der Waals surface area contributed by atoms with Gasteiger partial charge < -0.3 is 21.7 Å². The van der Waals surface area contributed by atoms with Crippen molar-refractivity contribution in [1.29, 1.82) is 0 Å². The van der Waals surface area contributed by atoms with Gasteiger partial charge in [0.2, 0.25) is 0 Å². The Hall–Kier alpha value is -0.350. The summed E-state index contributed by atoms with van der Waals surface area (Å²) in [5, 5.41) is 0. The van der Waals surface area contributed by atoms with Gasteiger partial charge in [0.15, 0.2) is 0 Å². The van der Waals surface area contributed by atoms with E-state index in [-0.39, 0.29) is 17.0 Å². The van der Waals surface area contributed by atoms with Crippen LogP contribution in [0.5, 0.6) is 0 Å². The van der Waals surface area contributed by atoms with Crippen molar-refractivity contribution in [3.63, 3.8) is 0 Å². The van der Waals surface area contributed by atoms with Crippen LogP contribution in [0.15, 0.2) is 12.4 Å². The molecule has 0 N–H and O–H groups in total. The van der Waals surface area contributed by atoms with Gasteiger partial charge in [-0.2, -0.15) is 0 Å². The smallest absolute Gasteiger partial charge is 0.253 e. The van der Waals surface area contributed by atoms with Crippen LogP contribution in [-0.2, 0) is 18.3 Å². The van der Waals surface area contributed by atoms with Crippen molar-refractivity contribution in [1.82, 2.24) is 4.57 Å². The zero-order valence-corrected chi connectivity index (χ0v) is 10.0. The molecule has 3 nitrogen and oxygen atoms in total. The maximum absolute atomic E-state index is 5.27. The molecule has 0 amide bonds. The Morgan fingerprint density at radius 2 is 2.23 bits per heavy atom. The van der Waals surface area contributed by atoms with Gasteiger partial charge in [0.05, 0.1) is 13.7 Å². The lowest BCUT2D eigenvalue weighted by atomic mass is 10.6. The van der Waals surface area contributed by atoms with Crippen LogP contribution in [-0.4, -0.2) is 17.8 Å². The van der Waals surface area contributed by atoms with Crippen LogP contribution in [0.1, 0.15) is 12.7 Å². The molecule has 0 atom stereocenters. The first-order chi connectivity index (χ1) is 5.75. The largest absolute Gasteiger partial charge is 1.00 e. The molecule has 0 bridgehead atoms. The summed E-state index contributed by atoms with van der Waals surface area (Å²) in [6.45, 7) is 6.66. The molecule has 0 unspecified atom stereocenters. The van der Waals surface area contributed by atoms with E-state index in [0.717, 1.165) is 19.8 Å². The summed E-state index contributed by atoms with van der Waals surface area (Å²) < 4.78 is 9.56. The Morgan fingerprint density at radius 3 is 2.69 bits per heavy atom. The second kappa shape index (κ2) is 6.16. The summed E-state index contributed by atoms with van der Waals surface area (Å²) in [5.74, 6) is 1.26. The quantitative estimate of drug-likeness (QED) is 0.432. The molecule has 1 rings (SSSR count). The monoisotopic (exact) mass is 248 g/mol. The number of nitrogens with zero attached hydrogens (tertiary/aromatic N) is 2. The Balaban J connectivity index is 0.00000144. The molecular formula is C9H17BrN2O. The second-order valence-corrected chi connectivity index (χ2v) is 2.85. The van der Waals surface area contributed by atoms with Crippen molar-refractivity contribution in [3.8, 4) is 0 Å². The molecule has 0 aliphatic rings. The predicted molar refractivity (Wildman–Crippen MR) is 46.8 cm³/mol. The number of halogens is 1. The lowest BCUT2D eigenvalue weighted by Crippen LogP contribution is -3.00. The molecule has 76 valence electrons. The van der Waals surface area contributed by atoms with Gasteiger partial charge in [-0.3, -0.25) is 0 Å². The molecule has 13 heavy (non-hydrogen) atoms. The van der Waals surface area contributed by atoms with E-state index in [1.165, 1.54) is 5.82 Å². The van der Waals surface area contributed by atoms with E-state index < -0.39 is 0 Å². The number of aromatic nitrogens is 2. The van der Waals surface area contributed by atoms with Crippen LogP contribution in [0, 0.1) is 6.92 Å². The van der Waals surface area contributed by atoms with Crippen molar-refractivity contribution in [2.45, 2.75) is 20.4 Å². The standard InChI is InChI=1S/C9H17N2O.BrH/c1-4-12-8-7-11-6-5-10(3)9(11)2;/h5-6H,4,7-8H2,1-3H3;1H/q+1;/p-1. The number of rotatable bonds is 4. The highest BCUT2D eigenvalue weighted by Gasteiger charge is 2.06. The number of aryl methyl sites for hydroxylation is 1. The first-order valence-electron chi connectivity index (χ1n) is 4.34. The van der Waals surface area contributed by atoms with Crippen molar-refractivity contribution >= 4 is 0 Å². The van der Waals surface area contributed by atoms with Gasteiger partial charge >= 0.3 is 0 Å². The zero-order chi connectivity index (χ0) is 8.97. The molecule has 0 fully saturated rings. The van der Waals surface area contributed by atoms with Crippen molar-refractivity contribution in [2.24, 2.45) is 7.05 Å². The van der Waals surface area contributed by atoms with Gasteiger partial charge in [-0.25, -0.2) is 9.13 Å². The molecule has 1 aromatic heterocycles. The number of imidazole rings is 1. The van der Waals surface area contributed by atoms with E-state index in [4.69, 9.17) is 4.74 Å². The lowest BCUT2D eigenvalue weighted by molar-refractivity contribution is -0.677. The third-order valence-corrected chi connectivity index (χ3v) is 2.08. The average Bonchev–Trinajstić information content (AvgIpc) is 2.36. The SMILES string of the molecule is CCOCCn1cc[n+](C)c1C.[Br-]. The third kappa shape index (κ3) is 3.48. The van der Waals surface area contributed by atoms with Crippen LogP contribution < -0.4 is 21.5 Å². The van der Waals surface area contributed by atoms with Crippen molar-refractivity contribution < 1.29 is 26.3 Å². The second-order valence-electron chi connectivity index (χ2n) is 2.85. The molecule has 4 heteroatoms. The van der Waals surface area contributed by atoms with Gasteiger partial charge in [0, 0.05) is 13.5 Å². The highest BCUT2D eigenvalue weighted by Crippen LogP contribution is 1.92. The molecule has 0 aliphatic heterocycles. The topological polar surface area (TPSA) is 18.0 Å². The van der Waals surface area contributed by atoms with Gasteiger partial charge in [-0.1, -0.05) is 0 Å². The third-order valence-electron chi connectivity index (χ3n) is 2.08. The van der Waals surface area contributed by atoms with Crippen molar-refractivity contribution in [3.05, 3.63) is 18.2 Å². The summed E-state index contributed by atoms with van der Waals surface area (Å²) in [4.78, 5) is 0. The normalized spacial score (nSPS) is 9.77. The molecule has 0 spiro atoms. The van der Waals surface area contributed by atoms with Gasteiger partial charge in [0.1, 0.15) is 18.9 Å². The molecular weight excluding hydrogens is 232 g/mol. The van der Waals surface area contributed by atoms with Crippen LogP contribution in [0.2, 0.25) is 0 Å². The Kier molecular flexibility index (Phi) is 5.99. The van der Waals surface area contributed by atoms with Gasteiger partial charge in [-0.05, 0) is 6.92 Å². The molecule has 0 aliphatic carbocycles. The Morgan fingerprint density at radius 1 is 1.54 bits per heavy atom.